The minimum absolute atomic E-state index is 0.0552. The zero-order valence-corrected chi connectivity index (χ0v) is 18.2. The minimum Gasteiger partial charge on any atom is -0.379 e. The first-order valence-corrected chi connectivity index (χ1v) is 11.1. The smallest absolute Gasteiger partial charge is 0.254 e. The molecule has 32 heavy (non-hydrogen) atoms. The van der Waals surface area contributed by atoms with Gasteiger partial charge in [0.05, 0.1) is 25.2 Å². The number of likely N-dealkylation sites (N-methyl/N-ethyl adjacent to an activating group) is 1. The highest BCUT2D eigenvalue weighted by atomic mass is 16.5. The number of morpholine rings is 1. The van der Waals surface area contributed by atoms with Gasteiger partial charge < -0.3 is 19.9 Å². The van der Waals surface area contributed by atoms with Gasteiger partial charge in [-0.15, -0.1) is 0 Å². The number of fused-ring (bicyclic) bond motifs is 2. The highest BCUT2D eigenvalue weighted by molar-refractivity contribution is 6.02. The number of amides is 2. The number of hydrogen-bond donors (Lipinski definition) is 2. The van der Waals surface area contributed by atoms with Crippen molar-refractivity contribution in [2.75, 3.05) is 46.4 Å². The summed E-state index contributed by atoms with van der Waals surface area (Å²) in [7, 11) is 1.79. The van der Waals surface area contributed by atoms with E-state index in [0.29, 0.717) is 12.1 Å². The van der Waals surface area contributed by atoms with E-state index in [-0.39, 0.29) is 11.8 Å². The highest BCUT2D eigenvalue weighted by Crippen LogP contribution is 2.44. The third kappa shape index (κ3) is 3.67. The van der Waals surface area contributed by atoms with Gasteiger partial charge in [0.2, 0.25) is 5.91 Å². The van der Waals surface area contributed by atoms with E-state index >= 15 is 0 Å². The molecule has 0 spiro atoms. The van der Waals surface area contributed by atoms with Crippen LogP contribution in [0.15, 0.2) is 54.7 Å². The Morgan fingerprint density at radius 1 is 1.09 bits per heavy atom. The first-order valence-electron chi connectivity index (χ1n) is 11.1. The Hall–Kier alpha value is -3.16. The molecule has 2 aromatic carbocycles. The number of aromatic nitrogens is 1. The number of nitrogens with zero attached hydrogens (tertiary/aromatic N) is 2. The van der Waals surface area contributed by atoms with Gasteiger partial charge in [-0.3, -0.25) is 14.5 Å². The number of aromatic amines is 1. The van der Waals surface area contributed by atoms with Crippen LogP contribution in [0.4, 0.5) is 0 Å². The lowest BCUT2D eigenvalue weighted by molar-refractivity contribution is -0.124. The van der Waals surface area contributed by atoms with Crippen molar-refractivity contribution >= 4 is 22.7 Å². The van der Waals surface area contributed by atoms with Gasteiger partial charge in [0.1, 0.15) is 0 Å². The van der Waals surface area contributed by atoms with Crippen molar-refractivity contribution in [3.63, 3.8) is 0 Å². The Labute approximate surface area is 187 Å². The second-order valence-corrected chi connectivity index (χ2v) is 8.46. The zero-order chi connectivity index (χ0) is 22.1. The average Bonchev–Trinajstić information content (AvgIpc) is 3.25. The van der Waals surface area contributed by atoms with Crippen LogP contribution in [0, 0.1) is 0 Å². The molecule has 0 aliphatic carbocycles. The molecule has 2 amide bonds. The van der Waals surface area contributed by atoms with Gasteiger partial charge in [-0.05, 0) is 17.7 Å². The van der Waals surface area contributed by atoms with Gasteiger partial charge in [0, 0.05) is 61.5 Å². The number of rotatable bonds is 5. The van der Waals surface area contributed by atoms with Crippen LogP contribution in [-0.4, -0.2) is 73.0 Å². The number of H-pyrrole nitrogens is 1. The molecule has 3 aromatic rings. The van der Waals surface area contributed by atoms with Gasteiger partial charge in [0.15, 0.2) is 0 Å². The highest BCUT2D eigenvalue weighted by Gasteiger charge is 2.43. The number of nitrogens with one attached hydrogen (secondary N) is 2. The lowest BCUT2D eigenvalue weighted by Gasteiger charge is -2.39. The number of carbonyl (C=O) groups is 2. The summed E-state index contributed by atoms with van der Waals surface area (Å²) in [6.07, 6.45) is 1.93. The van der Waals surface area contributed by atoms with E-state index in [0.717, 1.165) is 54.9 Å². The van der Waals surface area contributed by atoms with Crippen LogP contribution in [0.2, 0.25) is 0 Å². The summed E-state index contributed by atoms with van der Waals surface area (Å²) in [6, 6.07) is 15.1. The second-order valence-electron chi connectivity index (χ2n) is 8.46. The molecule has 7 nitrogen and oxygen atoms in total. The van der Waals surface area contributed by atoms with Crippen molar-refractivity contribution in [2.45, 2.75) is 12.0 Å². The number of benzene rings is 2. The Kier molecular flexibility index (Phi) is 5.68. The molecule has 1 fully saturated rings. The van der Waals surface area contributed by atoms with E-state index in [4.69, 9.17) is 4.74 Å². The molecule has 0 radical (unpaired) electrons. The lowest BCUT2D eigenvalue weighted by atomic mass is 9.79. The molecule has 3 heterocycles. The predicted octanol–water partition coefficient (Wildman–Crippen LogP) is 2.53. The second kappa shape index (κ2) is 8.76. The van der Waals surface area contributed by atoms with Gasteiger partial charge in [-0.2, -0.15) is 0 Å². The van der Waals surface area contributed by atoms with Crippen molar-refractivity contribution in [1.82, 2.24) is 20.1 Å². The number of carbonyl (C=O) groups excluding carboxylic acids is 2. The Morgan fingerprint density at radius 3 is 2.69 bits per heavy atom. The van der Waals surface area contributed by atoms with E-state index in [1.165, 1.54) is 0 Å². The van der Waals surface area contributed by atoms with Crippen LogP contribution in [0.25, 0.3) is 10.9 Å². The molecule has 2 aliphatic rings. The van der Waals surface area contributed by atoms with Crippen molar-refractivity contribution < 1.29 is 14.3 Å². The molecule has 1 aromatic heterocycles. The molecular formula is C25H28N4O3. The Bertz CT molecular complexity index is 1130. The fourth-order valence-electron chi connectivity index (χ4n) is 4.96. The van der Waals surface area contributed by atoms with Gasteiger partial charge in [-0.25, -0.2) is 0 Å². The van der Waals surface area contributed by atoms with Crippen LogP contribution >= 0.6 is 0 Å². The summed E-state index contributed by atoms with van der Waals surface area (Å²) in [5.41, 5.74) is 3.34. The van der Waals surface area contributed by atoms with Crippen LogP contribution < -0.4 is 5.32 Å². The third-order valence-corrected chi connectivity index (χ3v) is 6.63. The Morgan fingerprint density at radius 2 is 1.84 bits per heavy atom. The summed E-state index contributed by atoms with van der Waals surface area (Å²) >= 11 is 0. The van der Waals surface area contributed by atoms with Crippen LogP contribution in [-0.2, 0) is 9.53 Å². The maximum absolute atomic E-state index is 13.6. The molecule has 2 atom stereocenters. The van der Waals surface area contributed by atoms with Crippen molar-refractivity contribution in [1.29, 1.82) is 0 Å². The normalized spacial score (nSPS) is 21.5. The number of ether oxygens (including phenoxy) is 1. The summed E-state index contributed by atoms with van der Waals surface area (Å²) in [5, 5.41) is 4.18. The molecule has 0 bridgehead atoms. The molecule has 2 N–H and O–H groups in total. The van der Waals surface area contributed by atoms with E-state index in [9.17, 15) is 9.59 Å². The topological polar surface area (TPSA) is 77.7 Å². The van der Waals surface area contributed by atoms with E-state index < -0.39 is 12.0 Å². The summed E-state index contributed by atoms with van der Waals surface area (Å²) < 4.78 is 5.40. The fraction of sp³-hybridized carbons (Fsp3) is 0.360. The maximum Gasteiger partial charge on any atom is 0.254 e. The standard InChI is InChI=1S/C25H28N4O3/c1-28-23(20-16-27-21-9-5-4-6-17(20)21)22(18-7-2-3-8-19(18)25(28)31)24(30)26-10-11-29-12-14-32-15-13-29/h2-9,16,22-23,27H,10-15H2,1H3,(H,26,30). The molecule has 0 saturated carbocycles. The predicted molar refractivity (Wildman–Crippen MR) is 123 cm³/mol. The molecule has 5 rings (SSSR count). The molecule has 2 unspecified atom stereocenters. The average molecular weight is 433 g/mol. The first kappa shape index (κ1) is 20.7. The zero-order valence-electron chi connectivity index (χ0n) is 18.2. The van der Waals surface area contributed by atoms with E-state index in [1.807, 2.05) is 54.7 Å². The van der Waals surface area contributed by atoms with Gasteiger partial charge in [-0.1, -0.05) is 36.4 Å². The molecule has 2 aliphatic heterocycles. The Balaban J connectivity index is 1.48. The maximum atomic E-state index is 13.6. The molecule has 1 saturated heterocycles. The quantitative estimate of drug-likeness (QED) is 0.650. The summed E-state index contributed by atoms with van der Waals surface area (Å²) in [6.45, 7) is 4.60. The van der Waals surface area contributed by atoms with Crippen molar-refractivity contribution in [2.24, 2.45) is 0 Å². The van der Waals surface area contributed by atoms with Crippen LogP contribution in [0.1, 0.15) is 33.4 Å². The van der Waals surface area contributed by atoms with Gasteiger partial charge >= 0.3 is 0 Å². The molecular weight excluding hydrogens is 404 g/mol. The fourth-order valence-corrected chi connectivity index (χ4v) is 4.96. The largest absolute Gasteiger partial charge is 0.379 e. The van der Waals surface area contributed by atoms with Gasteiger partial charge in [0.25, 0.3) is 5.91 Å². The third-order valence-electron chi connectivity index (χ3n) is 6.63. The van der Waals surface area contributed by atoms with Crippen LogP contribution in [0.5, 0.6) is 0 Å². The number of hydrogen-bond acceptors (Lipinski definition) is 4. The summed E-state index contributed by atoms with van der Waals surface area (Å²) in [5.74, 6) is -0.605. The monoisotopic (exact) mass is 432 g/mol. The lowest BCUT2D eigenvalue weighted by Crippen LogP contribution is -2.47. The van der Waals surface area contributed by atoms with Crippen molar-refractivity contribution in [3.05, 3.63) is 71.4 Å². The van der Waals surface area contributed by atoms with Crippen molar-refractivity contribution in [3.8, 4) is 0 Å². The number of para-hydroxylation sites is 1. The molecule has 7 heteroatoms. The first-order chi connectivity index (χ1) is 15.6. The minimum atomic E-state index is -0.488. The van der Waals surface area contributed by atoms with E-state index in [1.54, 1.807) is 11.9 Å². The SMILES string of the molecule is CN1C(=O)c2ccccc2C(C(=O)NCCN2CCOCC2)C1c1c[nH]c2ccccc12. The van der Waals surface area contributed by atoms with E-state index in [2.05, 4.69) is 15.2 Å². The molecule has 166 valence electrons. The summed E-state index contributed by atoms with van der Waals surface area (Å²) in [4.78, 5) is 34.1. The van der Waals surface area contributed by atoms with Crippen LogP contribution in [0.3, 0.4) is 0 Å².